The Morgan fingerprint density at radius 1 is 1.24 bits per heavy atom. The van der Waals surface area contributed by atoms with Crippen molar-refractivity contribution in [3.8, 4) is 0 Å². The maximum atomic E-state index is 12.4. The highest BCUT2D eigenvalue weighted by Gasteiger charge is 2.41. The fourth-order valence-electron chi connectivity index (χ4n) is 3.03. The Hall–Kier alpha value is -1.59. The number of nitrogens with two attached hydrogens (primary N) is 1. The number of anilines is 1. The molecule has 1 aromatic rings. The number of nitrogen functional groups attached to an aromatic ring is 1. The topological polar surface area (TPSA) is 64.8 Å². The molecule has 5 heteroatoms. The SMILES string of the molecule is Nc1ccc(CCC(=O)N2CCCC3(C2)OCCO3)cc1. The van der Waals surface area contributed by atoms with Gasteiger partial charge in [-0.05, 0) is 30.5 Å². The van der Waals surface area contributed by atoms with Crippen molar-refractivity contribution in [3.63, 3.8) is 0 Å². The summed E-state index contributed by atoms with van der Waals surface area (Å²) in [6.07, 6.45) is 3.08. The van der Waals surface area contributed by atoms with E-state index in [1.807, 2.05) is 29.2 Å². The number of nitrogens with zero attached hydrogens (tertiary/aromatic N) is 1. The molecule has 1 aromatic carbocycles. The number of piperidine rings is 1. The Labute approximate surface area is 125 Å². The van der Waals surface area contributed by atoms with Gasteiger partial charge in [0.2, 0.25) is 5.91 Å². The molecule has 2 fully saturated rings. The van der Waals surface area contributed by atoms with Crippen molar-refractivity contribution >= 4 is 11.6 Å². The fourth-order valence-corrected chi connectivity index (χ4v) is 3.03. The lowest BCUT2D eigenvalue weighted by Gasteiger charge is -2.38. The number of hydrogen-bond acceptors (Lipinski definition) is 4. The average molecular weight is 290 g/mol. The van der Waals surface area contributed by atoms with Crippen LogP contribution >= 0.6 is 0 Å². The van der Waals surface area contributed by atoms with Gasteiger partial charge in [-0.15, -0.1) is 0 Å². The molecule has 2 heterocycles. The van der Waals surface area contributed by atoms with Gasteiger partial charge in [-0.1, -0.05) is 12.1 Å². The molecule has 21 heavy (non-hydrogen) atoms. The smallest absolute Gasteiger partial charge is 0.223 e. The van der Waals surface area contributed by atoms with Crippen molar-refractivity contribution in [2.24, 2.45) is 0 Å². The molecule has 2 saturated heterocycles. The van der Waals surface area contributed by atoms with Crippen LogP contribution in [0, 0.1) is 0 Å². The van der Waals surface area contributed by atoms with E-state index in [9.17, 15) is 4.79 Å². The van der Waals surface area contributed by atoms with E-state index in [-0.39, 0.29) is 5.91 Å². The molecule has 0 atom stereocenters. The van der Waals surface area contributed by atoms with E-state index in [4.69, 9.17) is 15.2 Å². The van der Waals surface area contributed by atoms with Gasteiger partial charge in [0.05, 0.1) is 19.8 Å². The van der Waals surface area contributed by atoms with Crippen molar-refractivity contribution in [1.82, 2.24) is 4.90 Å². The quantitative estimate of drug-likeness (QED) is 0.858. The summed E-state index contributed by atoms with van der Waals surface area (Å²) < 4.78 is 11.4. The average Bonchev–Trinajstić information content (AvgIpc) is 2.94. The standard InChI is InChI=1S/C16H22N2O3/c17-14-5-2-13(3-6-14)4-7-15(19)18-9-1-8-16(12-18)20-10-11-21-16/h2-3,5-6H,1,4,7-12,17H2. The molecule has 3 rings (SSSR count). The first-order chi connectivity index (χ1) is 10.2. The fraction of sp³-hybridized carbons (Fsp3) is 0.562. The van der Waals surface area contributed by atoms with Crippen LogP contribution in [0.25, 0.3) is 0 Å². The monoisotopic (exact) mass is 290 g/mol. The van der Waals surface area contributed by atoms with E-state index in [1.54, 1.807) is 0 Å². The predicted octanol–water partition coefficient (Wildman–Crippen LogP) is 1.57. The van der Waals surface area contributed by atoms with Gasteiger partial charge in [0, 0.05) is 25.1 Å². The number of ether oxygens (including phenoxy) is 2. The number of aryl methyl sites for hydroxylation is 1. The minimum Gasteiger partial charge on any atom is -0.399 e. The first kappa shape index (κ1) is 14.4. The Bertz CT molecular complexity index is 495. The highest BCUT2D eigenvalue weighted by molar-refractivity contribution is 5.76. The van der Waals surface area contributed by atoms with Gasteiger partial charge < -0.3 is 20.1 Å². The van der Waals surface area contributed by atoms with E-state index < -0.39 is 5.79 Å². The van der Waals surface area contributed by atoms with E-state index in [0.717, 1.165) is 37.1 Å². The second-order valence-electron chi connectivity index (χ2n) is 5.77. The van der Waals surface area contributed by atoms with Crippen molar-refractivity contribution in [2.75, 3.05) is 32.0 Å². The van der Waals surface area contributed by atoms with Gasteiger partial charge >= 0.3 is 0 Å². The second-order valence-corrected chi connectivity index (χ2v) is 5.77. The minimum atomic E-state index is -0.533. The normalized spacial score (nSPS) is 20.9. The third-order valence-corrected chi connectivity index (χ3v) is 4.19. The molecule has 0 saturated carbocycles. The zero-order valence-corrected chi connectivity index (χ0v) is 12.2. The van der Waals surface area contributed by atoms with Crippen LogP contribution in [0.3, 0.4) is 0 Å². The number of amides is 1. The van der Waals surface area contributed by atoms with Crippen LogP contribution in [0.4, 0.5) is 5.69 Å². The summed E-state index contributed by atoms with van der Waals surface area (Å²) in [5, 5.41) is 0. The maximum absolute atomic E-state index is 12.4. The molecule has 1 amide bonds. The Kier molecular flexibility index (Phi) is 4.12. The highest BCUT2D eigenvalue weighted by Crippen LogP contribution is 2.30. The summed E-state index contributed by atoms with van der Waals surface area (Å²) in [5.74, 6) is -0.361. The van der Waals surface area contributed by atoms with Crippen LogP contribution in [0.1, 0.15) is 24.8 Å². The zero-order chi connectivity index (χ0) is 14.7. The first-order valence-electron chi connectivity index (χ1n) is 7.57. The van der Waals surface area contributed by atoms with Crippen molar-refractivity contribution in [3.05, 3.63) is 29.8 Å². The Morgan fingerprint density at radius 3 is 2.67 bits per heavy atom. The lowest BCUT2D eigenvalue weighted by atomic mass is 10.0. The third kappa shape index (κ3) is 3.36. The summed E-state index contributed by atoms with van der Waals surface area (Å²) in [6, 6.07) is 7.69. The highest BCUT2D eigenvalue weighted by atomic mass is 16.7. The molecule has 0 aromatic heterocycles. The van der Waals surface area contributed by atoms with E-state index in [2.05, 4.69) is 0 Å². The molecule has 2 N–H and O–H groups in total. The van der Waals surface area contributed by atoms with Crippen molar-refractivity contribution < 1.29 is 14.3 Å². The number of carbonyl (C=O) groups excluding carboxylic acids is 1. The van der Waals surface area contributed by atoms with Crippen LogP contribution in [-0.4, -0.2) is 42.9 Å². The van der Waals surface area contributed by atoms with Crippen LogP contribution in [0.15, 0.2) is 24.3 Å². The summed E-state index contributed by atoms with van der Waals surface area (Å²) >= 11 is 0. The van der Waals surface area contributed by atoms with Crippen LogP contribution in [-0.2, 0) is 20.7 Å². The van der Waals surface area contributed by atoms with Crippen LogP contribution < -0.4 is 5.73 Å². The second kappa shape index (κ2) is 6.03. The largest absolute Gasteiger partial charge is 0.399 e. The van der Waals surface area contributed by atoms with E-state index in [1.165, 1.54) is 0 Å². The lowest BCUT2D eigenvalue weighted by molar-refractivity contribution is -0.193. The van der Waals surface area contributed by atoms with Gasteiger partial charge in [0.15, 0.2) is 5.79 Å². The van der Waals surface area contributed by atoms with Crippen molar-refractivity contribution in [1.29, 1.82) is 0 Å². The van der Waals surface area contributed by atoms with Gasteiger partial charge in [0.25, 0.3) is 0 Å². The predicted molar refractivity (Wildman–Crippen MR) is 79.6 cm³/mol. The maximum Gasteiger partial charge on any atom is 0.223 e. The molecule has 0 unspecified atom stereocenters. The van der Waals surface area contributed by atoms with Gasteiger partial charge in [-0.25, -0.2) is 0 Å². The summed E-state index contributed by atoms with van der Waals surface area (Å²) in [4.78, 5) is 14.2. The summed E-state index contributed by atoms with van der Waals surface area (Å²) in [5.41, 5.74) is 7.55. The van der Waals surface area contributed by atoms with Gasteiger partial charge in [-0.3, -0.25) is 4.79 Å². The molecule has 5 nitrogen and oxygen atoms in total. The van der Waals surface area contributed by atoms with Crippen LogP contribution in [0.5, 0.6) is 0 Å². The molecule has 2 aliphatic rings. The van der Waals surface area contributed by atoms with Gasteiger partial charge in [0.1, 0.15) is 0 Å². The molecule has 0 radical (unpaired) electrons. The number of likely N-dealkylation sites (tertiary alicyclic amines) is 1. The van der Waals surface area contributed by atoms with Crippen LogP contribution in [0.2, 0.25) is 0 Å². The number of hydrogen-bond donors (Lipinski definition) is 1. The first-order valence-corrected chi connectivity index (χ1v) is 7.57. The summed E-state index contributed by atoms with van der Waals surface area (Å²) in [6.45, 7) is 2.63. The molecule has 0 aliphatic carbocycles. The van der Waals surface area contributed by atoms with E-state index >= 15 is 0 Å². The Balaban J connectivity index is 1.54. The zero-order valence-electron chi connectivity index (χ0n) is 12.2. The molecule has 2 aliphatic heterocycles. The van der Waals surface area contributed by atoms with E-state index in [0.29, 0.717) is 26.2 Å². The molecule has 1 spiro atoms. The number of rotatable bonds is 3. The minimum absolute atomic E-state index is 0.171. The molecule has 0 bridgehead atoms. The van der Waals surface area contributed by atoms with Crippen molar-refractivity contribution in [2.45, 2.75) is 31.5 Å². The molecule has 114 valence electrons. The molecular formula is C16H22N2O3. The Morgan fingerprint density at radius 2 is 1.95 bits per heavy atom. The third-order valence-electron chi connectivity index (χ3n) is 4.19. The molecular weight excluding hydrogens is 268 g/mol. The number of benzene rings is 1. The lowest BCUT2D eigenvalue weighted by Crippen LogP contribution is -2.51. The van der Waals surface area contributed by atoms with Gasteiger partial charge in [-0.2, -0.15) is 0 Å². The summed E-state index contributed by atoms with van der Waals surface area (Å²) in [7, 11) is 0. The number of carbonyl (C=O) groups is 1.